The summed E-state index contributed by atoms with van der Waals surface area (Å²) in [5.74, 6) is 0. The summed E-state index contributed by atoms with van der Waals surface area (Å²) >= 11 is 0. The zero-order chi connectivity index (χ0) is 12.3. The van der Waals surface area contributed by atoms with Gasteiger partial charge in [0.25, 0.3) is 5.56 Å². The van der Waals surface area contributed by atoms with E-state index < -0.39 is 0 Å². The van der Waals surface area contributed by atoms with Crippen molar-refractivity contribution in [2.75, 3.05) is 0 Å². The highest BCUT2D eigenvalue weighted by Crippen LogP contribution is 2.05. The molecule has 0 saturated carbocycles. The van der Waals surface area contributed by atoms with Crippen molar-refractivity contribution in [2.24, 2.45) is 5.73 Å². The molecule has 1 aromatic heterocycles. The van der Waals surface area contributed by atoms with Gasteiger partial charge in [-0.1, -0.05) is 36.4 Å². The molecule has 3 heteroatoms. The van der Waals surface area contributed by atoms with E-state index in [2.05, 4.69) is 0 Å². The third kappa shape index (κ3) is 2.63. The lowest BCUT2D eigenvalue weighted by Gasteiger charge is -2.10. The molecule has 1 heterocycles. The Hall–Kier alpha value is -1.87. The fourth-order valence-electron chi connectivity index (χ4n) is 1.81. The maximum Gasteiger partial charge on any atom is 0.255 e. The quantitative estimate of drug-likeness (QED) is 0.872. The van der Waals surface area contributed by atoms with Gasteiger partial charge in [-0.3, -0.25) is 4.79 Å². The van der Waals surface area contributed by atoms with E-state index in [1.807, 2.05) is 43.3 Å². The first kappa shape index (κ1) is 11.6. The van der Waals surface area contributed by atoms with Gasteiger partial charge in [0, 0.05) is 17.8 Å². The Morgan fingerprint density at radius 2 is 1.88 bits per heavy atom. The first-order valence-corrected chi connectivity index (χ1v) is 5.67. The van der Waals surface area contributed by atoms with Crippen molar-refractivity contribution in [3.8, 4) is 0 Å². The molecule has 0 aliphatic carbocycles. The fraction of sp³-hybridized carbons (Fsp3) is 0.214. The first-order valence-electron chi connectivity index (χ1n) is 5.67. The van der Waals surface area contributed by atoms with E-state index in [-0.39, 0.29) is 11.6 Å². The highest BCUT2D eigenvalue weighted by Gasteiger charge is 2.06. The number of nitrogens with zero attached hydrogens (tertiary/aromatic N) is 1. The average molecular weight is 228 g/mol. The minimum Gasteiger partial charge on any atom is -0.324 e. The molecule has 0 bridgehead atoms. The van der Waals surface area contributed by atoms with Gasteiger partial charge in [-0.15, -0.1) is 0 Å². The monoisotopic (exact) mass is 228 g/mol. The van der Waals surface area contributed by atoms with Crippen molar-refractivity contribution in [1.29, 1.82) is 0 Å². The number of pyridine rings is 1. The predicted octanol–water partition coefficient (Wildman–Crippen LogP) is 1.92. The number of hydrogen-bond acceptors (Lipinski definition) is 2. The summed E-state index contributed by atoms with van der Waals surface area (Å²) in [6, 6.07) is 13.3. The summed E-state index contributed by atoms with van der Waals surface area (Å²) in [5, 5.41) is 0. The predicted molar refractivity (Wildman–Crippen MR) is 68.8 cm³/mol. The average Bonchev–Trinajstić information content (AvgIpc) is 2.33. The number of hydrogen-bond donors (Lipinski definition) is 1. The number of rotatable bonds is 3. The van der Waals surface area contributed by atoms with E-state index in [0.717, 1.165) is 5.56 Å². The highest BCUT2D eigenvalue weighted by atomic mass is 16.1. The molecule has 0 spiro atoms. The topological polar surface area (TPSA) is 48.0 Å². The van der Waals surface area contributed by atoms with Crippen LogP contribution in [0, 0.1) is 0 Å². The second kappa shape index (κ2) is 4.97. The van der Waals surface area contributed by atoms with Crippen LogP contribution in [0.1, 0.15) is 24.1 Å². The summed E-state index contributed by atoms with van der Waals surface area (Å²) < 4.78 is 1.69. The Bertz CT molecular complexity index is 544. The standard InChI is InChI=1S/C14H16N2O/c1-11(15)13-8-5-9-16(14(13)17)10-12-6-3-2-4-7-12/h2-9,11H,10,15H2,1H3. The molecule has 17 heavy (non-hydrogen) atoms. The zero-order valence-corrected chi connectivity index (χ0v) is 9.84. The second-order valence-corrected chi connectivity index (χ2v) is 4.17. The molecule has 3 nitrogen and oxygen atoms in total. The maximum absolute atomic E-state index is 12.1. The summed E-state index contributed by atoms with van der Waals surface area (Å²) in [6.45, 7) is 2.41. The SMILES string of the molecule is CC(N)c1cccn(Cc2ccccc2)c1=O. The first-order chi connectivity index (χ1) is 8.18. The Kier molecular flexibility index (Phi) is 3.40. The van der Waals surface area contributed by atoms with Gasteiger partial charge in [0.2, 0.25) is 0 Å². The van der Waals surface area contributed by atoms with Crippen molar-refractivity contribution in [3.63, 3.8) is 0 Å². The molecule has 0 fully saturated rings. The minimum atomic E-state index is -0.231. The molecular weight excluding hydrogens is 212 g/mol. The smallest absolute Gasteiger partial charge is 0.255 e. The molecule has 88 valence electrons. The van der Waals surface area contributed by atoms with Gasteiger partial charge in [0.05, 0.1) is 6.54 Å². The molecule has 0 aliphatic heterocycles. The van der Waals surface area contributed by atoms with Crippen LogP contribution in [-0.4, -0.2) is 4.57 Å². The molecule has 1 atom stereocenters. The van der Waals surface area contributed by atoms with Gasteiger partial charge in [0.1, 0.15) is 0 Å². The van der Waals surface area contributed by atoms with E-state index in [4.69, 9.17) is 5.73 Å². The molecule has 0 aliphatic rings. The van der Waals surface area contributed by atoms with E-state index >= 15 is 0 Å². The summed E-state index contributed by atoms with van der Waals surface area (Å²) in [7, 11) is 0. The number of aromatic nitrogens is 1. The molecule has 2 rings (SSSR count). The molecule has 0 radical (unpaired) electrons. The minimum absolute atomic E-state index is 0.00801. The molecular formula is C14H16N2O. The van der Waals surface area contributed by atoms with Crippen LogP contribution in [0.15, 0.2) is 53.5 Å². The van der Waals surface area contributed by atoms with E-state index in [0.29, 0.717) is 12.1 Å². The number of nitrogens with two attached hydrogens (primary N) is 1. The molecule has 0 saturated heterocycles. The van der Waals surface area contributed by atoms with Gasteiger partial charge in [-0.05, 0) is 18.6 Å². The van der Waals surface area contributed by atoms with Gasteiger partial charge in [0.15, 0.2) is 0 Å². The van der Waals surface area contributed by atoms with Crippen LogP contribution in [0.3, 0.4) is 0 Å². The Labute approximate surface area is 101 Å². The lowest BCUT2D eigenvalue weighted by Crippen LogP contribution is -2.26. The summed E-state index contributed by atoms with van der Waals surface area (Å²) in [6.07, 6.45) is 1.79. The highest BCUT2D eigenvalue weighted by molar-refractivity contribution is 5.18. The van der Waals surface area contributed by atoms with Crippen LogP contribution in [0.2, 0.25) is 0 Å². The molecule has 1 unspecified atom stereocenters. The van der Waals surface area contributed by atoms with Gasteiger partial charge >= 0.3 is 0 Å². The van der Waals surface area contributed by atoms with Crippen LogP contribution < -0.4 is 11.3 Å². The third-order valence-corrected chi connectivity index (χ3v) is 2.74. The van der Waals surface area contributed by atoms with Crippen molar-refractivity contribution in [3.05, 3.63) is 70.1 Å². The molecule has 0 amide bonds. The van der Waals surface area contributed by atoms with Crippen molar-refractivity contribution >= 4 is 0 Å². The third-order valence-electron chi connectivity index (χ3n) is 2.74. The summed E-state index contributed by atoms with van der Waals surface area (Å²) in [5.41, 5.74) is 7.52. The van der Waals surface area contributed by atoms with E-state index in [1.54, 1.807) is 16.8 Å². The van der Waals surface area contributed by atoms with Crippen molar-refractivity contribution < 1.29 is 0 Å². The van der Waals surface area contributed by atoms with E-state index in [9.17, 15) is 4.79 Å². The van der Waals surface area contributed by atoms with Crippen molar-refractivity contribution in [2.45, 2.75) is 19.5 Å². The lowest BCUT2D eigenvalue weighted by atomic mass is 10.1. The lowest BCUT2D eigenvalue weighted by molar-refractivity contribution is 0.713. The Morgan fingerprint density at radius 3 is 2.53 bits per heavy atom. The van der Waals surface area contributed by atoms with Crippen LogP contribution in [0.5, 0.6) is 0 Å². The van der Waals surface area contributed by atoms with E-state index in [1.165, 1.54) is 0 Å². The summed E-state index contributed by atoms with van der Waals surface area (Å²) in [4.78, 5) is 12.1. The molecule has 1 aromatic carbocycles. The largest absolute Gasteiger partial charge is 0.324 e. The normalized spacial score (nSPS) is 12.4. The molecule has 2 aromatic rings. The Morgan fingerprint density at radius 1 is 1.18 bits per heavy atom. The second-order valence-electron chi connectivity index (χ2n) is 4.17. The van der Waals surface area contributed by atoms with Gasteiger partial charge in [-0.2, -0.15) is 0 Å². The molecule has 2 N–H and O–H groups in total. The van der Waals surface area contributed by atoms with Crippen LogP contribution >= 0.6 is 0 Å². The van der Waals surface area contributed by atoms with Gasteiger partial charge in [-0.25, -0.2) is 0 Å². The van der Waals surface area contributed by atoms with Crippen LogP contribution in [0.4, 0.5) is 0 Å². The van der Waals surface area contributed by atoms with Gasteiger partial charge < -0.3 is 10.3 Å². The van der Waals surface area contributed by atoms with Crippen LogP contribution in [0.25, 0.3) is 0 Å². The van der Waals surface area contributed by atoms with Crippen molar-refractivity contribution in [1.82, 2.24) is 4.57 Å². The maximum atomic E-state index is 12.1. The Balaban J connectivity index is 2.35. The number of benzene rings is 1. The van der Waals surface area contributed by atoms with Crippen LogP contribution in [-0.2, 0) is 6.54 Å². The zero-order valence-electron chi connectivity index (χ0n) is 9.84. The fourth-order valence-corrected chi connectivity index (χ4v) is 1.81.